The van der Waals surface area contributed by atoms with Gasteiger partial charge in [-0.05, 0) is 19.8 Å². The molecule has 104 valence electrons. The third-order valence-corrected chi connectivity index (χ3v) is 5.11. The molecule has 0 saturated heterocycles. The molecule has 1 aliphatic rings. The fourth-order valence-electron chi connectivity index (χ4n) is 3.12. The summed E-state index contributed by atoms with van der Waals surface area (Å²) in [6.45, 7) is 4.10. The number of rotatable bonds is 5. The molecule has 5 heteroatoms. The molecule has 0 radical (unpaired) electrons. The van der Waals surface area contributed by atoms with Crippen molar-refractivity contribution in [2.75, 3.05) is 13.2 Å². The maximum absolute atomic E-state index is 9.61. The van der Waals surface area contributed by atoms with Crippen LogP contribution in [0.25, 0.3) is 4.96 Å². The summed E-state index contributed by atoms with van der Waals surface area (Å²) < 4.78 is 2.16. The summed E-state index contributed by atoms with van der Waals surface area (Å²) in [4.78, 5) is 5.62. The maximum Gasteiger partial charge on any atom is 0.194 e. The van der Waals surface area contributed by atoms with E-state index in [0.717, 1.165) is 36.6 Å². The van der Waals surface area contributed by atoms with Crippen LogP contribution < -0.4 is 5.32 Å². The fourth-order valence-corrected chi connectivity index (χ4v) is 3.89. The van der Waals surface area contributed by atoms with Crippen molar-refractivity contribution < 1.29 is 5.11 Å². The molecular weight excluding hydrogens is 258 g/mol. The molecule has 1 aliphatic carbocycles. The van der Waals surface area contributed by atoms with Crippen LogP contribution in [0.1, 0.15) is 37.1 Å². The first-order valence-corrected chi connectivity index (χ1v) is 7.85. The SMILES string of the molecule is Cc1nc2sccn2c1CNCC1(CO)CCCC1. The normalized spacial score (nSPS) is 18.4. The van der Waals surface area contributed by atoms with Crippen LogP contribution in [-0.4, -0.2) is 27.6 Å². The average molecular weight is 279 g/mol. The largest absolute Gasteiger partial charge is 0.396 e. The van der Waals surface area contributed by atoms with E-state index in [1.165, 1.54) is 18.5 Å². The Morgan fingerprint density at radius 3 is 3.00 bits per heavy atom. The number of nitrogens with zero attached hydrogens (tertiary/aromatic N) is 2. The maximum atomic E-state index is 9.61. The first-order valence-electron chi connectivity index (χ1n) is 6.97. The zero-order valence-electron chi connectivity index (χ0n) is 11.4. The monoisotopic (exact) mass is 279 g/mol. The molecule has 2 aromatic rings. The number of aliphatic hydroxyl groups is 1. The van der Waals surface area contributed by atoms with Crippen molar-refractivity contribution in [3.63, 3.8) is 0 Å². The molecule has 3 rings (SSSR count). The van der Waals surface area contributed by atoms with Crippen LogP contribution in [0.5, 0.6) is 0 Å². The number of aromatic nitrogens is 2. The van der Waals surface area contributed by atoms with Gasteiger partial charge in [0.2, 0.25) is 0 Å². The molecule has 0 unspecified atom stereocenters. The van der Waals surface area contributed by atoms with E-state index in [-0.39, 0.29) is 5.41 Å². The van der Waals surface area contributed by atoms with Crippen molar-refractivity contribution in [1.29, 1.82) is 0 Å². The molecule has 0 aromatic carbocycles. The van der Waals surface area contributed by atoms with Gasteiger partial charge < -0.3 is 10.4 Å². The first-order chi connectivity index (χ1) is 9.24. The molecular formula is C14H21N3OS. The van der Waals surface area contributed by atoms with Gasteiger partial charge in [-0.2, -0.15) is 0 Å². The molecule has 0 aliphatic heterocycles. The van der Waals surface area contributed by atoms with Gasteiger partial charge in [0.1, 0.15) is 0 Å². The molecule has 2 aromatic heterocycles. The van der Waals surface area contributed by atoms with E-state index in [0.29, 0.717) is 6.61 Å². The van der Waals surface area contributed by atoms with E-state index in [9.17, 15) is 5.11 Å². The third-order valence-electron chi connectivity index (χ3n) is 4.35. The number of imidazole rings is 1. The highest BCUT2D eigenvalue weighted by molar-refractivity contribution is 7.15. The van der Waals surface area contributed by atoms with Crippen LogP contribution in [0.3, 0.4) is 0 Å². The average Bonchev–Trinajstić information content (AvgIpc) is 3.08. The lowest BCUT2D eigenvalue weighted by molar-refractivity contribution is 0.128. The Morgan fingerprint density at radius 1 is 1.47 bits per heavy atom. The second kappa shape index (κ2) is 5.23. The Morgan fingerprint density at radius 2 is 2.26 bits per heavy atom. The Balaban J connectivity index is 1.66. The highest BCUT2D eigenvalue weighted by atomic mass is 32.1. The summed E-state index contributed by atoms with van der Waals surface area (Å²) in [7, 11) is 0. The molecule has 0 atom stereocenters. The van der Waals surface area contributed by atoms with E-state index in [1.54, 1.807) is 11.3 Å². The van der Waals surface area contributed by atoms with Crippen molar-refractivity contribution >= 4 is 16.3 Å². The van der Waals surface area contributed by atoms with Gasteiger partial charge in [-0.25, -0.2) is 4.98 Å². The predicted molar refractivity (Wildman–Crippen MR) is 77.5 cm³/mol. The summed E-state index contributed by atoms with van der Waals surface area (Å²) >= 11 is 1.67. The number of hydrogen-bond donors (Lipinski definition) is 2. The minimum Gasteiger partial charge on any atom is -0.396 e. The van der Waals surface area contributed by atoms with Crippen molar-refractivity contribution in [2.45, 2.75) is 39.2 Å². The van der Waals surface area contributed by atoms with Gasteiger partial charge in [-0.15, -0.1) is 11.3 Å². The molecule has 2 heterocycles. The van der Waals surface area contributed by atoms with Gasteiger partial charge in [-0.3, -0.25) is 4.40 Å². The number of aryl methyl sites for hydroxylation is 1. The van der Waals surface area contributed by atoms with Crippen LogP contribution in [-0.2, 0) is 6.54 Å². The minimum absolute atomic E-state index is 0.117. The van der Waals surface area contributed by atoms with E-state index >= 15 is 0 Å². The minimum atomic E-state index is 0.117. The van der Waals surface area contributed by atoms with Gasteiger partial charge in [0.15, 0.2) is 4.96 Å². The van der Waals surface area contributed by atoms with Crippen molar-refractivity contribution in [3.8, 4) is 0 Å². The zero-order chi connectivity index (χ0) is 13.3. The van der Waals surface area contributed by atoms with Gasteiger partial charge in [0.25, 0.3) is 0 Å². The van der Waals surface area contributed by atoms with Crippen molar-refractivity contribution in [3.05, 3.63) is 23.0 Å². The van der Waals surface area contributed by atoms with E-state index in [4.69, 9.17) is 0 Å². The van der Waals surface area contributed by atoms with Gasteiger partial charge in [0, 0.05) is 36.7 Å². The summed E-state index contributed by atoms with van der Waals surface area (Å²) in [5, 5.41) is 15.2. The topological polar surface area (TPSA) is 49.6 Å². The molecule has 1 fully saturated rings. The van der Waals surface area contributed by atoms with E-state index < -0.39 is 0 Å². The van der Waals surface area contributed by atoms with E-state index in [2.05, 4.69) is 33.2 Å². The lowest BCUT2D eigenvalue weighted by Gasteiger charge is -2.26. The Hall–Kier alpha value is -0.910. The number of fused-ring (bicyclic) bond motifs is 1. The number of aliphatic hydroxyl groups excluding tert-OH is 1. The smallest absolute Gasteiger partial charge is 0.194 e. The standard InChI is InChI=1S/C14H21N3OS/c1-11-12(17-6-7-19-13(17)16-11)8-15-9-14(10-18)4-2-3-5-14/h6-7,15,18H,2-5,8-10H2,1H3. The van der Waals surface area contributed by atoms with Crippen molar-refractivity contribution in [2.24, 2.45) is 5.41 Å². The summed E-state index contributed by atoms with van der Waals surface area (Å²) in [6, 6.07) is 0. The third kappa shape index (κ3) is 2.42. The zero-order valence-corrected chi connectivity index (χ0v) is 12.2. The second-order valence-corrected chi connectivity index (χ2v) is 6.54. The molecule has 1 saturated carbocycles. The Labute approximate surface area is 117 Å². The highest BCUT2D eigenvalue weighted by Crippen LogP contribution is 2.36. The van der Waals surface area contributed by atoms with Crippen LogP contribution in [0.2, 0.25) is 0 Å². The van der Waals surface area contributed by atoms with Crippen LogP contribution >= 0.6 is 11.3 Å². The lowest BCUT2D eigenvalue weighted by atomic mass is 9.87. The van der Waals surface area contributed by atoms with Gasteiger partial charge in [0.05, 0.1) is 11.4 Å². The van der Waals surface area contributed by atoms with Gasteiger partial charge in [-0.1, -0.05) is 12.8 Å². The molecule has 19 heavy (non-hydrogen) atoms. The number of nitrogens with one attached hydrogen (secondary N) is 1. The summed E-state index contributed by atoms with van der Waals surface area (Å²) in [5.41, 5.74) is 2.46. The Kier molecular flexibility index (Phi) is 3.60. The molecule has 0 spiro atoms. The summed E-state index contributed by atoms with van der Waals surface area (Å²) in [5.74, 6) is 0. The molecule has 4 nitrogen and oxygen atoms in total. The molecule has 0 bridgehead atoms. The predicted octanol–water partition coefficient (Wildman–Crippen LogP) is 2.35. The second-order valence-electron chi connectivity index (χ2n) is 5.67. The molecule has 2 N–H and O–H groups in total. The molecule has 0 amide bonds. The van der Waals surface area contributed by atoms with E-state index in [1.807, 2.05) is 0 Å². The van der Waals surface area contributed by atoms with Crippen LogP contribution in [0, 0.1) is 12.3 Å². The fraction of sp³-hybridized carbons (Fsp3) is 0.643. The first kappa shape index (κ1) is 13.1. The number of hydrogen-bond acceptors (Lipinski definition) is 4. The summed E-state index contributed by atoms with van der Waals surface area (Å²) in [6.07, 6.45) is 6.88. The van der Waals surface area contributed by atoms with Crippen LogP contribution in [0.4, 0.5) is 0 Å². The van der Waals surface area contributed by atoms with Crippen LogP contribution in [0.15, 0.2) is 11.6 Å². The van der Waals surface area contributed by atoms with Crippen molar-refractivity contribution in [1.82, 2.24) is 14.7 Å². The number of thiazole rings is 1. The van der Waals surface area contributed by atoms with Gasteiger partial charge >= 0.3 is 0 Å². The lowest BCUT2D eigenvalue weighted by Crippen LogP contribution is -2.35. The quantitative estimate of drug-likeness (QED) is 0.883. The Bertz CT molecular complexity index is 554. The highest BCUT2D eigenvalue weighted by Gasteiger charge is 2.32.